The second-order valence-corrected chi connectivity index (χ2v) is 6.61. The third-order valence-corrected chi connectivity index (χ3v) is 4.49. The largest absolute Gasteiger partial charge is 0.326 e. The highest BCUT2D eigenvalue weighted by Gasteiger charge is 2.14. The molecule has 5 heteroatoms. The van der Waals surface area contributed by atoms with Crippen LogP contribution in [0.5, 0.6) is 0 Å². The van der Waals surface area contributed by atoms with E-state index in [0.717, 1.165) is 27.0 Å². The van der Waals surface area contributed by atoms with Crippen LogP contribution in [0.3, 0.4) is 0 Å². The molecule has 4 nitrogen and oxygen atoms in total. The van der Waals surface area contributed by atoms with Gasteiger partial charge in [0.05, 0.1) is 0 Å². The first kappa shape index (κ1) is 18.2. The first-order valence-corrected chi connectivity index (χ1v) is 8.57. The van der Waals surface area contributed by atoms with Crippen LogP contribution in [0.25, 0.3) is 0 Å². The van der Waals surface area contributed by atoms with Gasteiger partial charge in [0.15, 0.2) is 0 Å². The number of benzene rings is 2. The lowest BCUT2D eigenvalue weighted by Gasteiger charge is -2.21. The fourth-order valence-electron chi connectivity index (χ4n) is 2.40. The summed E-state index contributed by atoms with van der Waals surface area (Å²) in [4.78, 5) is 25.7. The summed E-state index contributed by atoms with van der Waals surface area (Å²) in [6.07, 6.45) is 0.239. The monoisotopic (exact) mass is 388 g/mol. The molecular formula is C19H21BrN2O2. The SMILES string of the molecule is CC(=O)N(CCC(=O)Nc1cccc(C)c1C)c1ccc(Br)cc1. The number of halogens is 1. The number of amides is 2. The van der Waals surface area contributed by atoms with E-state index in [4.69, 9.17) is 0 Å². The normalized spacial score (nSPS) is 10.3. The number of hydrogen-bond donors (Lipinski definition) is 1. The molecule has 0 saturated carbocycles. The van der Waals surface area contributed by atoms with E-state index in [1.807, 2.05) is 56.3 Å². The summed E-state index contributed by atoms with van der Waals surface area (Å²) < 4.78 is 0.947. The average molecular weight is 389 g/mol. The summed E-state index contributed by atoms with van der Waals surface area (Å²) in [7, 11) is 0. The topological polar surface area (TPSA) is 49.4 Å². The number of nitrogens with one attached hydrogen (secondary N) is 1. The van der Waals surface area contributed by atoms with Gasteiger partial charge < -0.3 is 10.2 Å². The van der Waals surface area contributed by atoms with Crippen molar-refractivity contribution < 1.29 is 9.59 Å². The molecule has 0 spiro atoms. The number of anilines is 2. The standard InChI is InChI=1S/C19H21BrN2O2/c1-13-5-4-6-18(14(13)2)21-19(24)11-12-22(15(3)23)17-9-7-16(20)8-10-17/h4-10H,11-12H2,1-3H3,(H,21,24). The van der Waals surface area contributed by atoms with Crippen LogP contribution in [0.15, 0.2) is 46.9 Å². The Labute approximate surface area is 151 Å². The van der Waals surface area contributed by atoms with Crippen molar-refractivity contribution in [1.82, 2.24) is 0 Å². The van der Waals surface area contributed by atoms with Crippen molar-refractivity contribution in [2.24, 2.45) is 0 Å². The smallest absolute Gasteiger partial charge is 0.226 e. The lowest BCUT2D eigenvalue weighted by Crippen LogP contribution is -2.32. The van der Waals surface area contributed by atoms with Gasteiger partial charge in [-0.15, -0.1) is 0 Å². The van der Waals surface area contributed by atoms with E-state index in [1.165, 1.54) is 6.92 Å². The quantitative estimate of drug-likeness (QED) is 0.822. The second-order valence-electron chi connectivity index (χ2n) is 5.69. The van der Waals surface area contributed by atoms with E-state index >= 15 is 0 Å². The third kappa shape index (κ3) is 4.68. The highest BCUT2D eigenvalue weighted by molar-refractivity contribution is 9.10. The van der Waals surface area contributed by atoms with E-state index in [2.05, 4.69) is 21.2 Å². The fourth-order valence-corrected chi connectivity index (χ4v) is 2.67. The van der Waals surface area contributed by atoms with Crippen LogP contribution in [0.2, 0.25) is 0 Å². The van der Waals surface area contributed by atoms with E-state index < -0.39 is 0 Å². The molecule has 1 N–H and O–H groups in total. The van der Waals surface area contributed by atoms with Gasteiger partial charge in [0, 0.05) is 35.7 Å². The highest BCUT2D eigenvalue weighted by atomic mass is 79.9. The molecule has 0 heterocycles. The van der Waals surface area contributed by atoms with E-state index in [9.17, 15) is 9.59 Å². The van der Waals surface area contributed by atoms with Gasteiger partial charge in [0.25, 0.3) is 0 Å². The molecule has 2 aromatic rings. The first-order chi connectivity index (χ1) is 11.4. The van der Waals surface area contributed by atoms with Gasteiger partial charge in [0.1, 0.15) is 0 Å². The van der Waals surface area contributed by atoms with Crippen LogP contribution in [0.1, 0.15) is 24.5 Å². The highest BCUT2D eigenvalue weighted by Crippen LogP contribution is 2.20. The zero-order valence-corrected chi connectivity index (χ0v) is 15.7. The van der Waals surface area contributed by atoms with Gasteiger partial charge in [-0.3, -0.25) is 9.59 Å². The number of carbonyl (C=O) groups excluding carboxylic acids is 2. The van der Waals surface area contributed by atoms with Crippen molar-refractivity contribution in [2.45, 2.75) is 27.2 Å². The maximum Gasteiger partial charge on any atom is 0.226 e. The minimum absolute atomic E-state index is 0.0862. The van der Waals surface area contributed by atoms with Crippen LogP contribution < -0.4 is 10.2 Å². The minimum Gasteiger partial charge on any atom is -0.326 e. The zero-order chi connectivity index (χ0) is 17.7. The molecule has 0 atom stereocenters. The molecule has 126 valence electrons. The van der Waals surface area contributed by atoms with Crippen molar-refractivity contribution in [2.75, 3.05) is 16.8 Å². The van der Waals surface area contributed by atoms with Crippen molar-refractivity contribution in [1.29, 1.82) is 0 Å². The maximum absolute atomic E-state index is 12.2. The predicted octanol–water partition coefficient (Wildman–Crippen LogP) is 4.45. The van der Waals surface area contributed by atoms with Crippen LogP contribution in [0.4, 0.5) is 11.4 Å². The fraction of sp³-hybridized carbons (Fsp3) is 0.263. The van der Waals surface area contributed by atoms with Gasteiger partial charge in [0.2, 0.25) is 11.8 Å². The summed E-state index contributed by atoms with van der Waals surface area (Å²) in [5.41, 5.74) is 3.79. The summed E-state index contributed by atoms with van der Waals surface area (Å²) >= 11 is 3.38. The Bertz CT molecular complexity index is 742. The van der Waals surface area contributed by atoms with Crippen molar-refractivity contribution in [3.63, 3.8) is 0 Å². The van der Waals surface area contributed by atoms with Gasteiger partial charge in [-0.2, -0.15) is 0 Å². The van der Waals surface area contributed by atoms with Crippen LogP contribution in [-0.4, -0.2) is 18.4 Å². The number of aryl methyl sites for hydroxylation is 1. The third-order valence-electron chi connectivity index (χ3n) is 3.96. The molecule has 0 aliphatic carbocycles. The van der Waals surface area contributed by atoms with Gasteiger partial charge >= 0.3 is 0 Å². The molecule has 0 radical (unpaired) electrons. The molecule has 0 saturated heterocycles. The average Bonchev–Trinajstić information content (AvgIpc) is 2.53. The molecule has 2 amide bonds. The lowest BCUT2D eigenvalue weighted by atomic mass is 10.1. The molecule has 2 rings (SSSR count). The zero-order valence-electron chi connectivity index (χ0n) is 14.1. The molecule has 0 aromatic heterocycles. The maximum atomic E-state index is 12.2. The van der Waals surface area contributed by atoms with Crippen molar-refractivity contribution >= 4 is 39.1 Å². The number of rotatable bonds is 5. The summed E-state index contributed by atoms with van der Waals surface area (Å²) in [5, 5.41) is 2.92. The molecule has 2 aromatic carbocycles. The van der Waals surface area contributed by atoms with Crippen LogP contribution >= 0.6 is 15.9 Å². The van der Waals surface area contributed by atoms with Crippen LogP contribution in [0, 0.1) is 13.8 Å². The summed E-state index contributed by atoms with van der Waals surface area (Å²) in [5.74, 6) is -0.191. The predicted molar refractivity (Wildman–Crippen MR) is 101 cm³/mol. The number of carbonyl (C=O) groups is 2. The lowest BCUT2D eigenvalue weighted by molar-refractivity contribution is -0.117. The van der Waals surface area contributed by atoms with Crippen LogP contribution in [-0.2, 0) is 9.59 Å². The summed E-state index contributed by atoms with van der Waals surface area (Å²) in [6.45, 7) is 5.84. The Morgan fingerprint density at radius 2 is 1.75 bits per heavy atom. The molecule has 0 bridgehead atoms. The Balaban J connectivity index is 2.01. The molecule has 0 aliphatic heterocycles. The summed E-state index contributed by atoms with van der Waals surface area (Å²) in [6, 6.07) is 13.3. The van der Waals surface area contributed by atoms with Gasteiger partial charge in [-0.1, -0.05) is 28.1 Å². The number of hydrogen-bond acceptors (Lipinski definition) is 2. The molecule has 0 unspecified atom stereocenters. The molecule has 0 fully saturated rings. The molecule has 0 aliphatic rings. The Morgan fingerprint density at radius 1 is 1.08 bits per heavy atom. The second kappa shape index (κ2) is 8.11. The Kier molecular flexibility index (Phi) is 6.15. The van der Waals surface area contributed by atoms with Gasteiger partial charge in [-0.25, -0.2) is 0 Å². The van der Waals surface area contributed by atoms with E-state index in [-0.39, 0.29) is 18.2 Å². The molecular weight excluding hydrogens is 368 g/mol. The van der Waals surface area contributed by atoms with E-state index in [0.29, 0.717) is 6.54 Å². The molecule has 24 heavy (non-hydrogen) atoms. The first-order valence-electron chi connectivity index (χ1n) is 7.78. The van der Waals surface area contributed by atoms with Crippen molar-refractivity contribution in [3.05, 3.63) is 58.1 Å². The Hall–Kier alpha value is -2.14. The van der Waals surface area contributed by atoms with Gasteiger partial charge in [-0.05, 0) is 55.3 Å². The van der Waals surface area contributed by atoms with E-state index in [1.54, 1.807) is 4.90 Å². The Morgan fingerprint density at radius 3 is 2.38 bits per heavy atom. The van der Waals surface area contributed by atoms with Crippen molar-refractivity contribution in [3.8, 4) is 0 Å². The number of nitrogens with zero attached hydrogens (tertiary/aromatic N) is 1. The minimum atomic E-state index is -0.105.